The number of hydrogen-bond donors (Lipinski definition) is 1. The number of nitrogens with zero attached hydrogens (tertiary/aromatic N) is 2. The Labute approximate surface area is 101 Å². The molecule has 1 aliphatic carbocycles. The zero-order valence-corrected chi connectivity index (χ0v) is 10.1. The molecule has 1 aromatic carbocycles. The lowest BCUT2D eigenvalue weighted by atomic mass is 10.1. The number of aryl methyl sites for hydroxylation is 1. The fourth-order valence-corrected chi connectivity index (χ4v) is 2.23. The van der Waals surface area contributed by atoms with Crippen LogP contribution in [-0.2, 0) is 6.42 Å². The first-order valence-electron chi connectivity index (χ1n) is 6.22. The summed E-state index contributed by atoms with van der Waals surface area (Å²) in [6.45, 7) is 2.02. The zero-order chi connectivity index (χ0) is 11.8. The standard InChI is InChI=1S/C14H17N3/c1-9-14(8-11(15)10-6-7-10)17-13-5-3-2-4-12(13)16-9/h2-5,10-11H,6-8,15H2,1H3. The second-order valence-electron chi connectivity index (χ2n) is 4.95. The molecule has 1 saturated carbocycles. The lowest BCUT2D eigenvalue weighted by Gasteiger charge is -2.11. The molecule has 2 N–H and O–H groups in total. The lowest BCUT2D eigenvalue weighted by molar-refractivity contribution is 0.582. The Morgan fingerprint density at radius 2 is 1.88 bits per heavy atom. The van der Waals surface area contributed by atoms with Crippen LogP contribution in [0, 0.1) is 12.8 Å². The van der Waals surface area contributed by atoms with Gasteiger partial charge in [-0.2, -0.15) is 0 Å². The van der Waals surface area contributed by atoms with Crippen LogP contribution in [0.1, 0.15) is 24.2 Å². The van der Waals surface area contributed by atoms with E-state index in [-0.39, 0.29) is 6.04 Å². The topological polar surface area (TPSA) is 51.8 Å². The van der Waals surface area contributed by atoms with E-state index >= 15 is 0 Å². The number of fused-ring (bicyclic) bond motifs is 1. The molecule has 0 amide bonds. The summed E-state index contributed by atoms with van der Waals surface area (Å²) in [5, 5.41) is 0. The highest BCUT2D eigenvalue weighted by molar-refractivity contribution is 5.74. The smallest absolute Gasteiger partial charge is 0.0890 e. The van der Waals surface area contributed by atoms with Gasteiger partial charge in [0.05, 0.1) is 22.4 Å². The molecule has 1 atom stereocenters. The van der Waals surface area contributed by atoms with Gasteiger partial charge in [0.15, 0.2) is 0 Å². The van der Waals surface area contributed by atoms with Gasteiger partial charge in [0.1, 0.15) is 0 Å². The van der Waals surface area contributed by atoms with Crippen LogP contribution < -0.4 is 5.73 Å². The van der Waals surface area contributed by atoms with Crippen LogP contribution in [0.3, 0.4) is 0 Å². The summed E-state index contributed by atoms with van der Waals surface area (Å²) in [6, 6.07) is 8.25. The molecular weight excluding hydrogens is 210 g/mol. The van der Waals surface area contributed by atoms with Crippen molar-refractivity contribution in [2.45, 2.75) is 32.2 Å². The van der Waals surface area contributed by atoms with E-state index in [1.165, 1.54) is 12.8 Å². The minimum atomic E-state index is 0.254. The lowest BCUT2D eigenvalue weighted by Crippen LogP contribution is -2.26. The van der Waals surface area contributed by atoms with Crippen molar-refractivity contribution in [2.75, 3.05) is 0 Å². The number of nitrogens with two attached hydrogens (primary N) is 1. The van der Waals surface area contributed by atoms with Gasteiger partial charge in [0, 0.05) is 12.5 Å². The van der Waals surface area contributed by atoms with Crippen molar-refractivity contribution >= 4 is 11.0 Å². The van der Waals surface area contributed by atoms with Gasteiger partial charge < -0.3 is 5.73 Å². The van der Waals surface area contributed by atoms with E-state index in [4.69, 9.17) is 5.73 Å². The molecule has 0 spiro atoms. The Kier molecular flexibility index (Phi) is 2.56. The van der Waals surface area contributed by atoms with Crippen LogP contribution in [0.25, 0.3) is 11.0 Å². The van der Waals surface area contributed by atoms with Crippen LogP contribution >= 0.6 is 0 Å². The molecule has 0 aliphatic heterocycles. The van der Waals surface area contributed by atoms with Gasteiger partial charge in [-0.1, -0.05) is 12.1 Å². The maximum Gasteiger partial charge on any atom is 0.0890 e. The highest BCUT2D eigenvalue weighted by Gasteiger charge is 2.29. The van der Waals surface area contributed by atoms with Gasteiger partial charge in [-0.3, -0.25) is 0 Å². The third-order valence-electron chi connectivity index (χ3n) is 3.50. The Balaban J connectivity index is 1.94. The molecule has 88 valence electrons. The van der Waals surface area contributed by atoms with Crippen LogP contribution in [0.2, 0.25) is 0 Å². The second-order valence-corrected chi connectivity index (χ2v) is 4.95. The van der Waals surface area contributed by atoms with Crippen LogP contribution in [0.15, 0.2) is 24.3 Å². The fraction of sp³-hybridized carbons (Fsp3) is 0.429. The summed E-state index contributed by atoms with van der Waals surface area (Å²) in [4.78, 5) is 9.27. The Hall–Kier alpha value is -1.48. The van der Waals surface area contributed by atoms with E-state index in [0.717, 1.165) is 28.8 Å². The third kappa shape index (κ3) is 2.15. The summed E-state index contributed by atoms with van der Waals surface area (Å²) in [5.74, 6) is 0.711. The monoisotopic (exact) mass is 227 g/mol. The van der Waals surface area contributed by atoms with Crippen molar-refractivity contribution in [3.05, 3.63) is 35.7 Å². The molecule has 1 fully saturated rings. The first kappa shape index (κ1) is 10.7. The first-order chi connectivity index (χ1) is 8.24. The van der Waals surface area contributed by atoms with Crippen molar-refractivity contribution in [3.63, 3.8) is 0 Å². The Morgan fingerprint density at radius 1 is 1.24 bits per heavy atom. The van der Waals surface area contributed by atoms with Gasteiger partial charge in [-0.15, -0.1) is 0 Å². The number of benzene rings is 1. The van der Waals surface area contributed by atoms with E-state index in [2.05, 4.69) is 9.97 Å². The molecule has 0 radical (unpaired) electrons. The van der Waals surface area contributed by atoms with Gasteiger partial charge >= 0.3 is 0 Å². The predicted octanol–water partition coefficient (Wildman–Crippen LogP) is 2.22. The molecule has 0 saturated heterocycles. The third-order valence-corrected chi connectivity index (χ3v) is 3.50. The zero-order valence-electron chi connectivity index (χ0n) is 10.1. The summed E-state index contributed by atoms with van der Waals surface area (Å²) in [7, 11) is 0. The summed E-state index contributed by atoms with van der Waals surface area (Å²) in [5.41, 5.74) is 10.2. The van der Waals surface area contributed by atoms with Gasteiger partial charge in [-0.25, -0.2) is 9.97 Å². The van der Waals surface area contributed by atoms with Crippen molar-refractivity contribution in [2.24, 2.45) is 11.7 Å². The van der Waals surface area contributed by atoms with Crippen LogP contribution in [-0.4, -0.2) is 16.0 Å². The molecule has 2 aromatic rings. The minimum Gasteiger partial charge on any atom is -0.327 e. The molecule has 1 unspecified atom stereocenters. The summed E-state index contributed by atoms with van der Waals surface area (Å²) < 4.78 is 0. The predicted molar refractivity (Wildman–Crippen MR) is 68.7 cm³/mol. The SMILES string of the molecule is Cc1nc2ccccc2nc1CC(N)C1CC1. The number of rotatable bonds is 3. The molecule has 3 heteroatoms. The van der Waals surface area contributed by atoms with Crippen molar-refractivity contribution in [3.8, 4) is 0 Å². The van der Waals surface area contributed by atoms with E-state index in [9.17, 15) is 0 Å². The molecule has 1 aliphatic rings. The molecule has 1 aromatic heterocycles. The van der Waals surface area contributed by atoms with Gasteiger partial charge in [0.25, 0.3) is 0 Å². The largest absolute Gasteiger partial charge is 0.327 e. The van der Waals surface area contributed by atoms with Crippen molar-refractivity contribution in [1.82, 2.24) is 9.97 Å². The molecule has 1 heterocycles. The minimum absolute atomic E-state index is 0.254. The normalized spacial score (nSPS) is 17.3. The molecule has 3 rings (SSSR count). The highest BCUT2D eigenvalue weighted by Crippen LogP contribution is 2.33. The van der Waals surface area contributed by atoms with E-state index in [1.807, 2.05) is 31.2 Å². The van der Waals surface area contributed by atoms with Crippen LogP contribution in [0.4, 0.5) is 0 Å². The average molecular weight is 227 g/mol. The Morgan fingerprint density at radius 3 is 2.53 bits per heavy atom. The van der Waals surface area contributed by atoms with Gasteiger partial charge in [-0.05, 0) is 37.8 Å². The molecule has 3 nitrogen and oxygen atoms in total. The van der Waals surface area contributed by atoms with Crippen molar-refractivity contribution < 1.29 is 0 Å². The fourth-order valence-electron chi connectivity index (χ4n) is 2.23. The van der Waals surface area contributed by atoms with Crippen LogP contribution in [0.5, 0.6) is 0 Å². The Bertz CT molecular complexity index is 546. The van der Waals surface area contributed by atoms with Crippen molar-refractivity contribution in [1.29, 1.82) is 0 Å². The molecular formula is C14H17N3. The number of hydrogen-bond acceptors (Lipinski definition) is 3. The maximum atomic E-state index is 6.16. The number of para-hydroxylation sites is 2. The second kappa shape index (κ2) is 4.08. The first-order valence-corrected chi connectivity index (χ1v) is 6.22. The van der Waals surface area contributed by atoms with E-state index < -0.39 is 0 Å². The summed E-state index contributed by atoms with van der Waals surface area (Å²) >= 11 is 0. The molecule has 0 bridgehead atoms. The summed E-state index contributed by atoms with van der Waals surface area (Å²) in [6.07, 6.45) is 3.41. The van der Waals surface area contributed by atoms with E-state index in [0.29, 0.717) is 5.92 Å². The van der Waals surface area contributed by atoms with Gasteiger partial charge in [0.2, 0.25) is 0 Å². The number of aromatic nitrogens is 2. The average Bonchev–Trinajstić information content (AvgIpc) is 3.14. The highest BCUT2D eigenvalue weighted by atomic mass is 14.8. The molecule has 17 heavy (non-hydrogen) atoms. The quantitative estimate of drug-likeness (QED) is 0.874. The van der Waals surface area contributed by atoms with E-state index in [1.54, 1.807) is 0 Å². The maximum absolute atomic E-state index is 6.16.